The molecule has 0 radical (unpaired) electrons. The molecule has 4 aromatic carbocycles. The predicted octanol–water partition coefficient (Wildman–Crippen LogP) is 8.50. The summed E-state index contributed by atoms with van der Waals surface area (Å²) in [6, 6.07) is 24.6. The van der Waals surface area contributed by atoms with Crippen molar-refractivity contribution in [1.82, 2.24) is 0 Å². The molecule has 0 aromatic heterocycles. The average Bonchev–Trinajstić information content (AvgIpc) is 3.83. The quantitative estimate of drug-likeness (QED) is 0.185. The van der Waals surface area contributed by atoms with Gasteiger partial charge in [0, 0.05) is 0 Å². The molecule has 0 saturated carbocycles. The van der Waals surface area contributed by atoms with Gasteiger partial charge in [0.2, 0.25) is 0 Å². The van der Waals surface area contributed by atoms with E-state index in [-0.39, 0.29) is 0 Å². The lowest BCUT2D eigenvalue weighted by atomic mass is 10.1. The predicted molar refractivity (Wildman–Crippen MR) is 165 cm³/mol. The first-order chi connectivity index (χ1) is 19.8. The molecule has 0 spiro atoms. The van der Waals surface area contributed by atoms with E-state index in [4.69, 9.17) is 23.7 Å². The fourth-order valence-corrected chi connectivity index (χ4v) is 4.64. The Bertz CT molecular complexity index is 1400. The standard InChI is InChI=1S/C18H20O3.C18H20O2/c1-12-8-16(19-3)9-13(2)18(12)21-10-14-4-6-15(7-5-14)17-11-20-17;1-5-15-6-8-16(9-7-15)12-20-18-13(2)10-17(19-4)11-14(18)3/h4-9,17H,10-11H2,1-3H3;5-11H,1,12H2,2-4H3. The van der Waals surface area contributed by atoms with Crippen LogP contribution < -0.4 is 18.9 Å². The van der Waals surface area contributed by atoms with E-state index < -0.39 is 0 Å². The van der Waals surface area contributed by atoms with Gasteiger partial charge in [-0.2, -0.15) is 0 Å². The van der Waals surface area contributed by atoms with Crippen LogP contribution in [0.3, 0.4) is 0 Å². The van der Waals surface area contributed by atoms with Crippen molar-refractivity contribution in [3.63, 3.8) is 0 Å². The lowest BCUT2D eigenvalue weighted by Crippen LogP contribution is -2.00. The molecule has 1 unspecified atom stereocenters. The van der Waals surface area contributed by atoms with Gasteiger partial charge in [0.05, 0.1) is 20.8 Å². The summed E-state index contributed by atoms with van der Waals surface area (Å²) in [7, 11) is 3.36. The minimum absolute atomic E-state index is 0.311. The first-order valence-electron chi connectivity index (χ1n) is 13.8. The van der Waals surface area contributed by atoms with Crippen LogP contribution in [-0.4, -0.2) is 20.8 Å². The number of ether oxygens (including phenoxy) is 5. The number of hydrogen-bond acceptors (Lipinski definition) is 5. The van der Waals surface area contributed by atoms with Crippen molar-refractivity contribution in [2.24, 2.45) is 0 Å². The van der Waals surface area contributed by atoms with Gasteiger partial charge < -0.3 is 23.7 Å². The van der Waals surface area contributed by atoms with Crippen LogP contribution in [0.2, 0.25) is 0 Å². The van der Waals surface area contributed by atoms with Gasteiger partial charge in [-0.25, -0.2) is 0 Å². The van der Waals surface area contributed by atoms with Gasteiger partial charge in [0.25, 0.3) is 0 Å². The third-order valence-corrected chi connectivity index (χ3v) is 7.01. The second kappa shape index (κ2) is 13.9. The van der Waals surface area contributed by atoms with Crippen LogP contribution in [0.4, 0.5) is 0 Å². The molecule has 1 aliphatic heterocycles. The highest BCUT2D eigenvalue weighted by molar-refractivity contribution is 5.48. The maximum atomic E-state index is 5.98. The highest BCUT2D eigenvalue weighted by atomic mass is 16.6. The summed E-state index contributed by atoms with van der Waals surface area (Å²) in [6.07, 6.45) is 2.15. The monoisotopic (exact) mass is 552 g/mol. The molecule has 1 saturated heterocycles. The Hall–Kier alpha value is -4.22. The van der Waals surface area contributed by atoms with Gasteiger partial charge in [-0.1, -0.05) is 61.2 Å². The molecule has 1 atom stereocenters. The van der Waals surface area contributed by atoms with Crippen molar-refractivity contribution < 1.29 is 23.7 Å². The summed E-state index contributed by atoms with van der Waals surface area (Å²) >= 11 is 0. The molecule has 5 nitrogen and oxygen atoms in total. The van der Waals surface area contributed by atoms with Gasteiger partial charge in [-0.05, 0) is 96.5 Å². The summed E-state index contributed by atoms with van der Waals surface area (Å²) in [5.41, 5.74) is 9.03. The average molecular weight is 553 g/mol. The SMILES string of the molecule is C=Cc1ccc(COc2c(C)cc(OC)cc2C)cc1.COc1cc(C)c(OCc2ccc(C3CO3)cc2)c(C)c1. The number of benzene rings is 4. The first kappa shape index (κ1) is 29.8. The molecule has 0 aliphatic carbocycles. The van der Waals surface area contributed by atoms with Crippen LogP contribution in [-0.2, 0) is 18.0 Å². The number of rotatable bonds is 10. The van der Waals surface area contributed by atoms with Crippen molar-refractivity contribution >= 4 is 6.08 Å². The fourth-order valence-electron chi connectivity index (χ4n) is 4.64. The third kappa shape index (κ3) is 8.15. The number of methoxy groups -OCH3 is 2. The van der Waals surface area contributed by atoms with Crippen LogP contribution >= 0.6 is 0 Å². The summed E-state index contributed by atoms with van der Waals surface area (Å²) in [5, 5.41) is 0. The lowest BCUT2D eigenvalue weighted by molar-refractivity contribution is 0.301. The largest absolute Gasteiger partial charge is 0.497 e. The van der Waals surface area contributed by atoms with Crippen LogP contribution in [0.15, 0.2) is 79.4 Å². The third-order valence-electron chi connectivity index (χ3n) is 7.01. The zero-order valence-corrected chi connectivity index (χ0v) is 25.0. The summed E-state index contributed by atoms with van der Waals surface area (Å²) < 4.78 is 27.7. The second-order valence-corrected chi connectivity index (χ2v) is 10.3. The molecule has 1 aliphatic rings. The van der Waals surface area contributed by atoms with Crippen molar-refractivity contribution in [1.29, 1.82) is 0 Å². The smallest absolute Gasteiger partial charge is 0.125 e. The van der Waals surface area contributed by atoms with Gasteiger partial charge in [-0.15, -0.1) is 0 Å². The fraction of sp³-hybridized carbons (Fsp3) is 0.278. The molecule has 214 valence electrons. The van der Waals surface area contributed by atoms with Crippen molar-refractivity contribution in [2.45, 2.75) is 47.0 Å². The Kier molecular flexibility index (Phi) is 10.1. The summed E-state index contributed by atoms with van der Waals surface area (Å²) in [6.45, 7) is 13.9. The molecule has 5 rings (SSSR count). The lowest BCUT2D eigenvalue weighted by Gasteiger charge is -2.14. The van der Waals surface area contributed by atoms with E-state index in [1.165, 1.54) is 5.56 Å². The van der Waals surface area contributed by atoms with Crippen LogP contribution in [0.5, 0.6) is 23.0 Å². The van der Waals surface area contributed by atoms with E-state index in [1.54, 1.807) is 14.2 Å². The molecule has 1 heterocycles. The maximum absolute atomic E-state index is 5.98. The zero-order valence-electron chi connectivity index (χ0n) is 25.0. The van der Waals surface area contributed by atoms with Crippen molar-refractivity contribution in [3.8, 4) is 23.0 Å². The van der Waals surface area contributed by atoms with Crippen LogP contribution in [0, 0.1) is 27.7 Å². The Labute approximate surface area is 244 Å². The molecule has 41 heavy (non-hydrogen) atoms. The molecule has 0 amide bonds. The summed E-state index contributed by atoms with van der Waals surface area (Å²) in [5.74, 6) is 3.60. The topological polar surface area (TPSA) is 49.5 Å². The zero-order chi connectivity index (χ0) is 29.4. The van der Waals surface area contributed by atoms with Gasteiger partial charge in [0.1, 0.15) is 42.3 Å². The second-order valence-electron chi connectivity index (χ2n) is 10.3. The Balaban J connectivity index is 0.000000189. The molecule has 1 fully saturated rings. The summed E-state index contributed by atoms with van der Waals surface area (Å²) in [4.78, 5) is 0. The van der Waals surface area contributed by atoms with Crippen molar-refractivity contribution in [2.75, 3.05) is 20.8 Å². The molecule has 5 heteroatoms. The normalized spacial score (nSPS) is 13.5. The highest BCUT2D eigenvalue weighted by Gasteiger charge is 2.24. The van der Waals surface area contributed by atoms with Crippen LogP contribution in [0.1, 0.15) is 50.6 Å². The number of aryl methyl sites for hydroxylation is 4. The maximum Gasteiger partial charge on any atom is 0.125 e. The minimum Gasteiger partial charge on any atom is -0.497 e. The number of epoxide rings is 1. The minimum atomic E-state index is 0.311. The number of hydrogen-bond donors (Lipinski definition) is 0. The Morgan fingerprint density at radius 1 is 0.683 bits per heavy atom. The molecular formula is C36H40O5. The van der Waals surface area contributed by atoms with Gasteiger partial charge in [-0.3, -0.25) is 0 Å². The highest BCUT2D eigenvalue weighted by Crippen LogP contribution is 2.31. The first-order valence-corrected chi connectivity index (χ1v) is 13.8. The Morgan fingerprint density at radius 2 is 1.07 bits per heavy atom. The van der Waals surface area contributed by atoms with E-state index >= 15 is 0 Å². The Morgan fingerprint density at radius 3 is 1.41 bits per heavy atom. The van der Waals surface area contributed by atoms with E-state index in [2.05, 4.69) is 43.0 Å². The molecule has 4 aromatic rings. The molecular weight excluding hydrogens is 512 g/mol. The molecule has 0 bridgehead atoms. The van der Waals surface area contributed by atoms with Crippen molar-refractivity contribution in [3.05, 3.63) is 124 Å². The van der Waals surface area contributed by atoms with E-state index in [1.807, 2.05) is 70.2 Å². The van der Waals surface area contributed by atoms with E-state index in [0.717, 1.165) is 68.5 Å². The van der Waals surface area contributed by atoms with Gasteiger partial charge in [0.15, 0.2) is 0 Å². The van der Waals surface area contributed by atoms with Gasteiger partial charge >= 0.3 is 0 Å². The molecule has 0 N–H and O–H groups in total. The van der Waals surface area contributed by atoms with Crippen LogP contribution in [0.25, 0.3) is 6.08 Å². The van der Waals surface area contributed by atoms with E-state index in [9.17, 15) is 0 Å². The van der Waals surface area contributed by atoms with E-state index in [0.29, 0.717) is 19.3 Å².